The molecule has 0 saturated carbocycles. The van der Waals surface area contributed by atoms with E-state index in [0.717, 1.165) is 28.6 Å². The highest BCUT2D eigenvalue weighted by atomic mass is 32.2. The van der Waals surface area contributed by atoms with Crippen molar-refractivity contribution >= 4 is 33.3 Å². The van der Waals surface area contributed by atoms with Crippen molar-refractivity contribution in [1.29, 1.82) is 5.26 Å². The monoisotopic (exact) mass is 321 g/mol. The lowest BCUT2D eigenvalue weighted by atomic mass is 9.98. The molecule has 0 unspecified atom stereocenters. The minimum Gasteiger partial charge on any atom is -0.301 e. The number of thioether (sulfide) groups is 1. The van der Waals surface area contributed by atoms with Gasteiger partial charge in [-0.1, -0.05) is 32.0 Å². The number of rotatable bonds is 5. The number of thiophene rings is 1. The quantitative estimate of drug-likeness (QED) is 0.670. The Labute approximate surface area is 132 Å². The second-order valence-electron chi connectivity index (χ2n) is 5.29. The Hall–Kier alpha value is -1.32. The Balaban J connectivity index is 2.49. The minimum absolute atomic E-state index is 0.0877. The van der Waals surface area contributed by atoms with Gasteiger partial charge in [-0.05, 0) is 31.7 Å². The van der Waals surface area contributed by atoms with Crippen LogP contribution in [0.3, 0.4) is 0 Å². The summed E-state index contributed by atoms with van der Waals surface area (Å²) in [5.41, 5.74) is 1.04. The molecule has 0 radical (unpaired) electrons. The smallest absolute Gasteiger partial charge is 0.260 e. The molecule has 0 saturated heterocycles. The summed E-state index contributed by atoms with van der Waals surface area (Å²) < 4.78 is 0. The number of nitrogens with zero attached hydrogens (tertiary/aromatic N) is 2. The highest BCUT2D eigenvalue weighted by Crippen LogP contribution is 2.31. The van der Waals surface area contributed by atoms with Gasteiger partial charge in [0.25, 0.3) is 5.56 Å². The van der Waals surface area contributed by atoms with Gasteiger partial charge in [-0.25, -0.2) is 4.98 Å². The molecule has 2 aromatic heterocycles. The highest BCUT2D eigenvalue weighted by Gasteiger charge is 2.17. The lowest BCUT2D eigenvalue weighted by Crippen LogP contribution is -2.11. The van der Waals surface area contributed by atoms with Crippen LogP contribution in [0.2, 0.25) is 0 Å². The molecule has 0 spiro atoms. The van der Waals surface area contributed by atoms with Gasteiger partial charge in [-0.2, -0.15) is 5.26 Å². The molecule has 6 heteroatoms. The molecule has 0 aromatic carbocycles. The largest absolute Gasteiger partial charge is 0.301 e. The lowest BCUT2D eigenvalue weighted by Gasteiger charge is -2.08. The summed E-state index contributed by atoms with van der Waals surface area (Å²) >= 11 is 2.85. The third-order valence-corrected chi connectivity index (χ3v) is 5.48. The number of hydrogen-bond donors (Lipinski definition) is 1. The van der Waals surface area contributed by atoms with Gasteiger partial charge in [0.05, 0.1) is 16.7 Å². The number of aromatic nitrogens is 2. The molecule has 0 bridgehead atoms. The maximum absolute atomic E-state index is 12.4. The molecule has 2 aromatic rings. The SMILES string of the molecule is CC[C@@H](C)Cc1c(C)sc2nc(S[C@H](C)C#N)[nH]c(=O)c12. The van der Waals surface area contributed by atoms with E-state index >= 15 is 0 Å². The number of hydrogen-bond acceptors (Lipinski definition) is 5. The minimum atomic E-state index is -0.230. The van der Waals surface area contributed by atoms with E-state index in [1.807, 2.05) is 6.92 Å². The first-order chi connectivity index (χ1) is 9.96. The van der Waals surface area contributed by atoms with Crippen molar-refractivity contribution in [3.8, 4) is 6.07 Å². The van der Waals surface area contributed by atoms with Gasteiger partial charge in [0.15, 0.2) is 5.16 Å². The van der Waals surface area contributed by atoms with E-state index in [0.29, 0.717) is 11.1 Å². The summed E-state index contributed by atoms with van der Waals surface area (Å²) in [4.78, 5) is 21.7. The molecule has 0 fully saturated rings. The van der Waals surface area contributed by atoms with Gasteiger partial charge in [-0.15, -0.1) is 11.3 Å². The van der Waals surface area contributed by atoms with Gasteiger partial charge in [0.1, 0.15) is 4.83 Å². The number of fused-ring (bicyclic) bond motifs is 1. The van der Waals surface area contributed by atoms with Crippen LogP contribution in [0.5, 0.6) is 0 Å². The van der Waals surface area contributed by atoms with E-state index in [1.165, 1.54) is 16.6 Å². The second kappa shape index (κ2) is 6.63. The van der Waals surface area contributed by atoms with Crippen LogP contribution in [-0.2, 0) is 6.42 Å². The fourth-order valence-electron chi connectivity index (χ4n) is 2.14. The predicted octanol–water partition coefficient (Wildman–Crippen LogP) is 3.89. The molecule has 0 amide bonds. The van der Waals surface area contributed by atoms with Crippen molar-refractivity contribution in [2.75, 3.05) is 0 Å². The van der Waals surface area contributed by atoms with Crippen molar-refractivity contribution in [2.24, 2.45) is 5.92 Å². The third kappa shape index (κ3) is 3.47. The molecule has 21 heavy (non-hydrogen) atoms. The summed E-state index contributed by atoms with van der Waals surface area (Å²) in [5, 5.41) is 9.89. The number of aromatic amines is 1. The third-order valence-electron chi connectivity index (χ3n) is 3.56. The molecule has 0 aliphatic rings. The van der Waals surface area contributed by atoms with Crippen LogP contribution >= 0.6 is 23.1 Å². The molecular weight excluding hydrogens is 302 g/mol. The van der Waals surface area contributed by atoms with E-state index in [-0.39, 0.29) is 10.8 Å². The van der Waals surface area contributed by atoms with Gasteiger partial charge in [0, 0.05) is 4.88 Å². The fourth-order valence-corrected chi connectivity index (χ4v) is 3.94. The molecule has 0 aliphatic carbocycles. The summed E-state index contributed by atoms with van der Waals surface area (Å²) in [7, 11) is 0. The van der Waals surface area contributed by atoms with Crippen molar-refractivity contribution in [3.63, 3.8) is 0 Å². The van der Waals surface area contributed by atoms with Crippen LogP contribution < -0.4 is 5.56 Å². The van der Waals surface area contributed by atoms with E-state index < -0.39 is 0 Å². The maximum Gasteiger partial charge on any atom is 0.260 e. The molecule has 2 atom stereocenters. The zero-order valence-electron chi connectivity index (χ0n) is 12.7. The number of nitriles is 1. The predicted molar refractivity (Wildman–Crippen MR) is 89.1 cm³/mol. The summed E-state index contributed by atoms with van der Waals surface area (Å²) in [6.45, 7) is 8.20. The van der Waals surface area contributed by atoms with Crippen molar-refractivity contribution in [3.05, 3.63) is 20.8 Å². The van der Waals surface area contributed by atoms with Crippen molar-refractivity contribution < 1.29 is 0 Å². The molecule has 0 aliphatic heterocycles. The van der Waals surface area contributed by atoms with E-state index in [4.69, 9.17) is 5.26 Å². The summed E-state index contributed by atoms with van der Waals surface area (Å²) in [6, 6.07) is 2.14. The topological polar surface area (TPSA) is 69.5 Å². The first-order valence-electron chi connectivity index (χ1n) is 7.04. The second-order valence-corrected chi connectivity index (χ2v) is 7.83. The van der Waals surface area contributed by atoms with Gasteiger partial charge < -0.3 is 4.98 Å². The first kappa shape index (κ1) is 16.1. The van der Waals surface area contributed by atoms with Crippen LogP contribution in [0, 0.1) is 24.2 Å². The summed E-state index contributed by atoms with van der Waals surface area (Å²) in [6.07, 6.45) is 2.00. The molecule has 1 N–H and O–H groups in total. The maximum atomic E-state index is 12.4. The van der Waals surface area contributed by atoms with Gasteiger partial charge >= 0.3 is 0 Å². The Bertz CT molecular complexity index is 742. The zero-order valence-corrected chi connectivity index (χ0v) is 14.3. The Morgan fingerprint density at radius 3 is 2.81 bits per heavy atom. The van der Waals surface area contributed by atoms with E-state index in [2.05, 4.69) is 29.9 Å². The van der Waals surface area contributed by atoms with Crippen LogP contribution in [-0.4, -0.2) is 15.2 Å². The standard InChI is InChI=1S/C15H19N3OS2/c1-5-8(2)6-11-10(4)21-14-12(11)13(19)17-15(18-14)20-9(3)7-16/h8-9H,5-6H2,1-4H3,(H,17,18,19)/t8-,9-/m1/s1. The molecule has 2 rings (SSSR count). The molecular formula is C15H19N3OS2. The van der Waals surface area contributed by atoms with Crippen LogP contribution in [0.15, 0.2) is 9.95 Å². The Morgan fingerprint density at radius 2 is 2.19 bits per heavy atom. The van der Waals surface area contributed by atoms with Gasteiger partial charge in [0.2, 0.25) is 0 Å². The fraction of sp³-hybridized carbons (Fsp3) is 0.533. The van der Waals surface area contributed by atoms with Crippen molar-refractivity contribution in [2.45, 2.75) is 50.9 Å². The number of H-pyrrole nitrogens is 1. The number of nitrogens with one attached hydrogen (secondary N) is 1. The molecule has 112 valence electrons. The average Bonchev–Trinajstić information content (AvgIpc) is 2.74. The van der Waals surface area contributed by atoms with E-state index in [9.17, 15) is 4.79 Å². The van der Waals surface area contributed by atoms with E-state index in [1.54, 1.807) is 18.3 Å². The van der Waals surface area contributed by atoms with Crippen molar-refractivity contribution in [1.82, 2.24) is 9.97 Å². The molecule has 2 heterocycles. The van der Waals surface area contributed by atoms with Crippen LogP contribution in [0.4, 0.5) is 0 Å². The molecule has 4 nitrogen and oxygen atoms in total. The normalized spacial score (nSPS) is 14.0. The number of aryl methyl sites for hydroxylation is 1. The zero-order chi connectivity index (χ0) is 15.6. The Kier molecular flexibility index (Phi) is 5.07. The Morgan fingerprint density at radius 1 is 1.48 bits per heavy atom. The van der Waals surface area contributed by atoms with Crippen LogP contribution in [0.25, 0.3) is 10.2 Å². The highest BCUT2D eigenvalue weighted by molar-refractivity contribution is 8.00. The average molecular weight is 321 g/mol. The lowest BCUT2D eigenvalue weighted by molar-refractivity contribution is 0.561. The first-order valence-corrected chi connectivity index (χ1v) is 8.74. The van der Waals surface area contributed by atoms with Gasteiger partial charge in [-0.3, -0.25) is 4.79 Å². The summed E-state index contributed by atoms with van der Waals surface area (Å²) in [5.74, 6) is 0.550. The van der Waals surface area contributed by atoms with Crippen LogP contribution in [0.1, 0.15) is 37.6 Å².